The predicted octanol–water partition coefficient (Wildman–Crippen LogP) is 3.27. The molecular formula is C21H19BrN4O5. The Bertz CT molecular complexity index is 1290. The van der Waals surface area contributed by atoms with Crippen LogP contribution in [0.25, 0.3) is 5.69 Å². The molecule has 3 rings (SSSR count). The number of hydrogen-bond acceptors (Lipinski definition) is 5. The van der Waals surface area contributed by atoms with Crippen LogP contribution in [0, 0.1) is 13.8 Å². The van der Waals surface area contributed by atoms with Crippen LogP contribution >= 0.6 is 15.9 Å². The van der Waals surface area contributed by atoms with Gasteiger partial charge in [0.05, 0.1) is 24.7 Å². The maximum Gasteiger partial charge on any atom is 0.345 e. The number of rotatable bonds is 4. The van der Waals surface area contributed by atoms with Gasteiger partial charge in [-0.3, -0.25) is 9.78 Å². The smallest absolute Gasteiger partial charge is 0.345 e. The number of aryl methyl sites for hydroxylation is 2. The molecule has 3 N–H and O–H groups in total. The number of halogens is 1. The number of carbonyl (C=O) groups is 1. The largest absolute Gasteiger partial charge is 0.497 e. The van der Waals surface area contributed by atoms with Crippen molar-refractivity contribution in [2.24, 2.45) is 4.99 Å². The van der Waals surface area contributed by atoms with Gasteiger partial charge >= 0.3 is 11.7 Å². The molecule has 0 unspecified atom stereocenters. The Morgan fingerprint density at radius 1 is 1.19 bits per heavy atom. The summed E-state index contributed by atoms with van der Waals surface area (Å²) in [7, 11) is 1.49. The lowest BCUT2D eigenvalue weighted by Crippen LogP contribution is -2.31. The Labute approximate surface area is 185 Å². The molecule has 0 aliphatic rings. The number of aromatic nitrogens is 2. The number of aliphatic imine (C=N–C) groups is 1. The lowest BCUT2D eigenvalue weighted by molar-refractivity contribution is 0.259. The quantitative estimate of drug-likeness (QED) is 0.487. The number of hydrogen-bond donors (Lipinski definition) is 3. The first-order valence-corrected chi connectivity index (χ1v) is 9.85. The SMILES string of the molecule is COc1ccc(-n2c(O)c(C=NC(=O)Nc3cc(C)c(C)cc3Br)c(=O)[nH]c2=O)cc1. The molecule has 160 valence electrons. The van der Waals surface area contributed by atoms with Gasteiger partial charge in [-0.05, 0) is 77.3 Å². The predicted molar refractivity (Wildman–Crippen MR) is 121 cm³/mol. The molecule has 1 heterocycles. The summed E-state index contributed by atoms with van der Waals surface area (Å²) in [4.78, 5) is 42.4. The van der Waals surface area contributed by atoms with E-state index in [1.807, 2.05) is 19.9 Å². The normalized spacial score (nSPS) is 11.0. The summed E-state index contributed by atoms with van der Waals surface area (Å²) < 4.78 is 6.63. The molecule has 0 saturated carbocycles. The minimum atomic E-state index is -0.879. The van der Waals surface area contributed by atoms with Crippen LogP contribution in [0.4, 0.5) is 10.5 Å². The second-order valence-electron chi connectivity index (χ2n) is 6.63. The molecule has 0 aliphatic carbocycles. The summed E-state index contributed by atoms with van der Waals surface area (Å²) in [5, 5.41) is 13.1. The lowest BCUT2D eigenvalue weighted by Gasteiger charge is -2.10. The Balaban J connectivity index is 1.93. The van der Waals surface area contributed by atoms with Crippen molar-refractivity contribution in [3.05, 3.63) is 78.4 Å². The standard InChI is InChI=1S/C21H19BrN4O5/c1-11-8-16(22)17(9-12(11)2)24-20(29)23-10-15-18(27)25-21(30)26(19(15)28)13-4-6-14(31-3)7-5-13/h4-10,28H,1-3H3,(H,24,29)(H,25,27,30). The molecule has 0 fully saturated rings. The van der Waals surface area contributed by atoms with Crippen molar-refractivity contribution in [1.82, 2.24) is 9.55 Å². The third-order valence-corrected chi connectivity index (χ3v) is 5.24. The van der Waals surface area contributed by atoms with Gasteiger partial charge in [-0.15, -0.1) is 0 Å². The number of ether oxygens (including phenoxy) is 1. The molecule has 2 aromatic carbocycles. The Morgan fingerprint density at radius 2 is 1.84 bits per heavy atom. The zero-order chi connectivity index (χ0) is 22.7. The highest BCUT2D eigenvalue weighted by atomic mass is 79.9. The number of aromatic hydroxyl groups is 1. The Morgan fingerprint density at radius 3 is 2.48 bits per heavy atom. The van der Waals surface area contributed by atoms with E-state index < -0.39 is 23.2 Å². The van der Waals surface area contributed by atoms with E-state index in [-0.39, 0.29) is 11.3 Å². The molecule has 9 nitrogen and oxygen atoms in total. The van der Waals surface area contributed by atoms with Gasteiger partial charge in [0, 0.05) is 4.47 Å². The zero-order valence-electron chi connectivity index (χ0n) is 16.9. The molecule has 1 aromatic heterocycles. The average Bonchev–Trinajstić information content (AvgIpc) is 2.72. The van der Waals surface area contributed by atoms with Crippen molar-refractivity contribution < 1.29 is 14.6 Å². The third-order valence-electron chi connectivity index (χ3n) is 4.59. The number of H-pyrrole nitrogens is 1. The second-order valence-corrected chi connectivity index (χ2v) is 7.49. The highest BCUT2D eigenvalue weighted by Gasteiger charge is 2.15. The van der Waals surface area contributed by atoms with E-state index in [1.54, 1.807) is 18.2 Å². The van der Waals surface area contributed by atoms with E-state index >= 15 is 0 Å². The summed E-state index contributed by atoms with van der Waals surface area (Å²) in [6, 6.07) is 9.12. The fourth-order valence-corrected chi connectivity index (χ4v) is 3.33. The molecular weight excluding hydrogens is 468 g/mol. The average molecular weight is 487 g/mol. The third kappa shape index (κ3) is 4.75. The van der Waals surface area contributed by atoms with Crippen molar-refractivity contribution in [2.75, 3.05) is 12.4 Å². The van der Waals surface area contributed by atoms with E-state index in [9.17, 15) is 19.5 Å². The molecule has 0 saturated heterocycles. The number of aromatic amines is 1. The van der Waals surface area contributed by atoms with E-state index in [2.05, 4.69) is 31.2 Å². The minimum Gasteiger partial charge on any atom is -0.497 e. The lowest BCUT2D eigenvalue weighted by atomic mass is 10.1. The van der Waals surface area contributed by atoms with Crippen molar-refractivity contribution in [1.29, 1.82) is 0 Å². The van der Waals surface area contributed by atoms with Crippen molar-refractivity contribution >= 4 is 33.9 Å². The van der Waals surface area contributed by atoms with Crippen LogP contribution in [-0.2, 0) is 0 Å². The van der Waals surface area contributed by atoms with E-state index in [1.165, 1.54) is 19.2 Å². The monoisotopic (exact) mass is 486 g/mol. The number of amides is 2. The summed E-state index contributed by atoms with van der Waals surface area (Å²) in [6.45, 7) is 3.84. The Kier molecular flexibility index (Phi) is 6.40. The first-order valence-electron chi connectivity index (χ1n) is 9.05. The van der Waals surface area contributed by atoms with Crippen LogP contribution < -0.4 is 21.3 Å². The van der Waals surface area contributed by atoms with Gasteiger partial charge in [0.25, 0.3) is 5.56 Å². The minimum absolute atomic E-state index is 0.290. The molecule has 0 spiro atoms. The highest BCUT2D eigenvalue weighted by Crippen LogP contribution is 2.26. The first-order chi connectivity index (χ1) is 14.7. The van der Waals surface area contributed by atoms with Crippen LogP contribution in [-0.4, -0.2) is 34.0 Å². The number of methoxy groups -OCH3 is 1. The van der Waals surface area contributed by atoms with Crippen molar-refractivity contribution in [3.8, 4) is 17.3 Å². The first kappa shape index (κ1) is 22.0. The molecule has 0 bridgehead atoms. The summed E-state index contributed by atoms with van der Waals surface area (Å²) >= 11 is 3.37. The summed E-state index contributed by atoms with van der Waals surface area (Å²) in [6.07, 6.45) is 0.901. The number of benzene rings is 2. The van der Waals surface area contributed by atoms with Crippen LogP contribution in [0.1, 0.15) is 16.7 Å². The molecule has 31 heavy (non-hydrogen) atoms. The zero-order valence-corrected chi connectivity index (χ0v) is 18.5. The fourth-order valence-electron chi connectivity index (χ4n) is 2.77. The van der Waals surface area contributed by atoms with Gasteiger partial charge in [0.1, 0.15) is 11.3 Å². The van der Waals surface area contributed by atoms with E-state index in [0.717, 1.165) is 21.9 Å². The van der Waals surface area contributed by atoms with Gasteiger partial charge in [-0.25, -0.2) is 19.1 Å². The van der Waals surface area contributed by atoms with Gasteiger partial charge in [0.15, 0.2) is 0 Å². The molecule has 2 amide bonds. The van der Waals surface area contributed by atoms with Gasteiger partial charge in [-0.1, -0.05) is 0 Å². The fraction of sp³-hybridized carbons (Fsp3) is 0.143. The van der Waals surface area contributed by atoms with E-state index in [0.29, 0.717) is 15.9 Å². The van der Waals surface area contributed by atoms with Crippen LogP contribution in [0.5, 0.6) is 11.6 Å². The van der Waals surface area contributed by atoms with Crippen molar-refractivity contribution in [2.45, 2.75) is 13.8 Å². The molecule has 10 heteroatoms. The second kappa shape index (κ2) is 9.00. The van der Waals surface area contributed by atoms with Crippen LogP contribution in [0.2, 0.25) is 0 Å². The molecule has 3 aromatic rings. The van der Waals surface area contributed by atoms with Crippen LogP contribution in [0.15, 0.2) is 55.5 Å². The number of nitrogens with zero attached hydrogens (tertiary/aromatic N) is 2. The van der Waals surface area contributed by atoms with Gasteiger partial charge in [0.2, 0.25) is 5.88 Å². The maximum atomic E-state index is 12.2. The Hall–Kier alpha value is -3.66. The number of nitrogens with one attached hydrogen (secondary N) is 2. The number of carbonyl (C=O) groups excluding carboxylic acids is 1. The molecule has 0 aliphatic heterocycles. The van der Waals surface area contributed by atoms with Crippen LogP contribution in [0.3, 0.4) is 0 Å². The number of anilines is 1. The van der Waals surface area contributed by atoms with Gasteiger partial charge in [-0.2, -0.15) is 0 Å². The highest BCUT2D eigenvalue weighted by molar-refractivity contribution is 9.10. The van der Waals surface area contributed by atoms with Crippen molar-refractivity contribution in [3.63, 3.8) is 0 Å². The maximum absolute atomic E-state index is 12.2. The van der Waals surface area contributed by atoms with Gasteiger partial charge < -0.3 is 15.2 Å². The molecule has 0 atom stereocenters. The molecule has 0 radical (unpaired) electrons. The summed E-state index contributed by atoms with van der Waals surface area (Å²) in [5.74, 6) is -0.0977. The van der Waals surface area contributed by atoms with E-state index in [4.69, 9.17) is 4.74 Å². The number of urea groups is 1. The summed E-state index contributed by atoms with van der Waals surface area (Å²) in [5.41, 5.74) is 0.757. The topological polar surface area (TPSA) is 126 Å².